The monoisotopic (exact) mass is 770 g/mol. The number of aliphatic carboxylic acids is 1. The van der Waals surface area contributed by atoms with Crippen LogP contribution in [0, 0.1) is 5.92 Å². The second kappa shape index (κ2) is 16.3. The third-order valence-electron chi connectivity index (χ3n) is 9.15. The molecule has 0 saturated carbocycles. The Morgan fingerprint density at radius 1 is 0.887 bits per heavy atom. The van der Waals surface area contributed by atoms with Gasteiger partial charge >= 0.3 is 30.6 Å². The molecule has 0 spiro atoms. The zero-order chi connectivity index (χ0) is 38.2. The molecule has 2 aliphatic rings. The van der Waals surface area contributed by atoms with Crippen LogP contribution in [0.1, 0.15) is 79.1 Å². The summed E-state index contributed by atoms with van der Waals surface area (Å²) in [5.74, 6) is -1.85. The number of carboxylic acids is 1. The van der Waals surface area contributed by atoms with E-state index in [9.17, 15) is 54.2 Å². The summed E-state index contributed by atoms with van der Waals surface area (Å²) in [5, 5.41) is 12.4. The molecule has 5 rings (SSSR count). The summed E-state index contributed by atoms with van der Waals surface area (Å²) >= 11 is 0. The van der Waals surface area contributed by atoms with Crippen molar-refractivity contribution in [2.24, 2.45) is 5.92 Å². The van der Waals surface area contributed by atoms with Crippen molar-refractivity contribution >= 4 is 58.9 Å². The van der Waals surface area contributed by atoms with Crippen molar-refractivity contribution in [3.63, 3.8) is 0 Å². The Labute approximate surface area is 320 Å². The zero-order valence-corrected chi connectivity index (χ0v) is 30.8. The number of carbonyl (C=O) groups excluding carboxylic acids is 1. The van der Waals surface area contributed by atoms with Crippen molar-refractivity contribution in [3.8, 4) is 0 Å². The molecule has 2 aliphatic heterocycles. The minimum absolute atomic E-state index is 0. The van der Waals surface area contributed by atoms with Crippen molar-refractivity contribution < 1.29 is 58.9 Å². The number of anilines is 3. The molecule has 0 aliphatic carbocycles. The second-order valence-corrected chi connectivity index (χ2v) is 12.6. The van der Waals surface area contributed by atoms with Gasteiger partial charge in [0.25, 0.3) is 0 Å². The van der Waals surface area contributed by atoms with Gasteiger partial charge in [-0.1, -0.05) is 6.92 Å². The Morgan fingerprint density at radius 2 is 1.49 bits per heavy atom. The Kier molecular flexibility index (Phi) is 12.9. The first-order valence-electron chi connectivity index (χ1n) is 16.4. The van der Waals surface area contributed by atoms with Crippen molar-refractivity contribution in [2.75, 3.05) is 34.8 Å². The normalized spacial score (nSPS) is 18.2. The average Bonchev–Trinajstić information content (AvgIpc) is 3.06. The maximum Gasteiger partial charge on any atom is 0.416 e. The largest absolute Gasteiger partial charge is 0.481 e. The smallest absolute Gasteiger partial charge is 0.416 e. The Hall–Kier alpha value is -3.77. The van der Waals surface area contributed by atoms with Crippen LogP contribution in [0.2, 0.25) is 0 Å². The SMILES string of the molecule is CCOC(=O)N1c2ccc(C(F)(F)F)cc2[C@@H](Nc2ncc(N3CCC(C(=O)O)CC3)c(Cc3cc(C(F)(F)F)cc(C(F)(F)F)c3)n2)C[C@H]1CC.[Na]. The van der Waals surface area contributed by atoms with Crippen LogP contribution in [0.3, 0.4) is 0 Å². The molecule has 1 aromatic heterocycles. The van der Waals surface area contributed by atoms with Gasteiger partial charge in [0.1, 0.15) is 0 Å². The topological polar surface area (TPSA) is 108 Å². The average molecular weight is 771 g/mol. The number of halogens is 9. The van der Waals surface area contributed by atoms with Crippen LogP contribution in [0.15, 0.2) is 42.6 Å². The molecule has 0 unspecified atom stereocenters. The number of nitrogens with zero attached hydrogens (tertiary/aromatic N) is 4. The molecule has 2 atom stereocenters. The van der Waals surface area contributed by atoms with Crippen LogP contribution < -0.4 is 15.1 Å². The van der Waals surface area contributed by atoms with E-state index >= 15 is 0 Å². The fourth-order valence-corrected chi connectivity index (χ4v) is 6.57. The summed E-state index contributed by atoms with van der Waals surface area (Å²) in [5.41, 5.74) is -3.98. The van der Waals surface area contributed by atoms with Crippen LogP contribution in [-0.4, -0.2) is 82.4 Å². The molecule has 0 bridgehead atoms. The number of hydrogen-bond acceptors (Lipinski definition) is 7. The molecule has 1 radical (unpaired) electrons. The molecule has 2 aromatic carbocycles. The molecular formula is C34H34F9N5NaO4. The van der Waals surface area contributed by atoms with Crippen LogP contribution in [0.4, 0.5) is 61.6 Å². The maximum absolute atomic E-state index is 13.9. The summed E-state index contributed by atoms with van der Waals surface area (Å²) in [6.45, 7) is 3.71. The number of amides is 1. The summed E-state index contributed by atoms with van der Waals surface area (Å²) in [6.07, 6.45) is -14.1. The van der Waals surface area contributed by atoms with Crippen LogP contribution in [0.25, 0.3) is 0 Å². The first-order valence-corrected chi connectivity index (χ1v) is 16.4. The first-order chi connectivity index (χ1) is 24.3. The standard InChI is InChI=1S/C34H34F9N5O4.Na/c1-3-23-16-25(24-15-20(32(35,36)37)5-6-27(24)48(23)31(51)52-4-2)45-30-44-17-28(47-9-7-19(8-10-47)29(49)50)26(46-30)13-18-11-21(33(38,39)40)14-22(12-18)34(41,42)43;/h5-6,11-12,14-15,17,19,23,25H,3-4,7-10,13,16H2,1-2H3,(H,49,50)(H,44,45,46);/t23-,25+;/m1./s1. The number of hydrogen-bond donors (Lipinski definition) is 2. The number of benzene rings is 2. The van der Waals surface area contributed by atoms with E-state index in [1.165, 1.54) is 11.1 Å². The first kappa shape index (κ1) is 42.0. The van der Waals surface area contributed by atoms with E-state index < -0.39 is 71.7 Å². The van der Waals surface area contributed by atoms with Gasteiger partial charge in [0, 0.05) is 55.1 Å². The molecule has 3 aromatic rings. The Morgan fingerprint density at radius 3 is 2.02 bits per heavy atom. The number of carboxylic acid groups (broad SMARTS) is 1. The Balaban J connectivity index is 0.00000627. The van der Waals surface area contributed by atoms with Gasteiger partial charge in [-0.05, 0) is 80.1 Å². The van der Waals surface area contributed by atoms with E-state index in [2.05, 4.69) is 15.3 Å². The molecule has 19 heteroatoms. The fourth-order valence-electron chi connectivity index (χ4n) is 6.57. The number of rotatable bonds is 8. The van der Waals surface area contributed by atoms with Gasteiger partial charge in [-0.25, -0.2) is 14.8 Å². The van der Waals surface area contributed by atoms with Gasteiger partial charge in [0.15, 0.2) is 0 Å². The van der Waals surface area contributed by atoms with Crippen molar-refractivity contribution in [1.82, 2.24) is 9.97 Å². The van der Waals surface area contributed by atoms with Gasteiger partial charge < -0.3 is 20.1 Å². The van der Waals surface area contributed by atoms with Crippen molar-refractivity contribution in [1.29, 1.82) is 0 Å². The minimum atomic E-state index is -5.10. The van der Waals surface area contributed by atoms with Crippen molar-refractivity contribution in [2.45, 2.75) is 76.6 Å². The number of piperidine rings is 1. The van der Waals surface area contributed by atoms with Crippen LogP contribution >= 0.6 is 0 Å². The van der Waals surface area contributed by atoms with E-state index in [4.69, 9.17) is 4.74 Å². The van der Waals surface area contributed by atoms with Crippen LogP contribution in [-0.2, 0) is 34.5 Å². The molecular weight excluding hydrogens is 736 g/mol. The zero-order valence-electron chi connectivity index (χ0n) is 28.8. The van der Waals surface area contributed by atoms with E-state index in [1.807, 2.05) is 0 Å². The van der Waals surface area contributed by atoms with Crippen LogP contribution in [0.5, 0.6) is 0 Å². The van der Waals surface area contributed by atoms with E-state index in [0.717, 1.165) is 18.2 Å². The van der Waals surface area contributed by atoms with E-state index in [1.54, 1.807) is 18.7 Å². The van der Waals surface area contributed by atoms with E-state index in [0.29, 0.717) is 18.6 Å². The molecule has 53 heavy (non-hydrogen) atoms. The number of nitrogens with one attached hydrogen (secondary N) is 1. The minimum Gasteiger partial charge on any atom is -0.481 e. The third-order valence-corrected chi connectivity index (χ3v) is 9.15. The van der Waals surface area contributed by atoms with Gasteiger partial charge in [0.2, 0.25) is 5.95 Å². The predicted octanol–water partition coefficient (Wildman–Crippen LogP) is 8.34. The maximum atomic E-state index is 13.9. The second-order valence-electron chi connectivity index (χ2n) is 12.6. The van der Waals surface area contributed by atoms with Gasteiger partial charge in [0.05, 0.1) is 58.5 Å². The third kappa shape index (κ3) is 9.67. The molecule has 9 nitrogen and oxygen atoms in total. The van der Waals surface area contributed by atoms with Gasteiger partial charge in [-0.2, -0.15) is 39.5 Å². The van der Waals surface area contributed by atoms with Gasteiger partial charge in [-0.15, -0.1) is 0 Å². The number of carbonyl (C=O) groups is 2. The summed E-state index contributed by atoms with van der Waals surface area (Å²) < 4.78 is 129. The summed E-state index contributed by atoms with van der Waals surface area (Å²) in [6, 6.07) is 2.56. The predicted molar refractivity (Wildman–Crippen MR) is 176 cm³/mol. The number of alkyl halides is 9. The van der Waals surface area contributed by atoms with Crippen molar-refractivity contribution in [3.05, 3.63) is 76.1 Å². The molecule has 283 valence electrons. The quantitative estimate of drug-likeness (QED) is 0.174. The summed E-state index contributed by atoms with van der Waals surface area (Å²) in [4.78, 5) is 36.3. The number of ether oxygens (including phenoxy) is 1. The fraction of sp³-hybridized carbons (Fsp3) is 0.471. The number of fused-ring (bicyclic) bond motifs is 1. The molecule has 2 N–H and O–H groups in total. The molecule has 1 amide bonds. The Bertz CT molecular complexity index is 1770. The van der Waals surface area contributed by atoms with E-state index in [-0.39, 0.29) is 109 Å². The molecule has 3 heterocycles. The number of aromatic nitrogens is 2. The summed E-state index contributed by atoms with van der Waals surface area (Å²) in [7, 11) is 0. The molecule has 1 saturated heterocycles. The molecule has 1 fully saturated rings. The van der Waals surface area contributed by atoms with Gasteiger partial charge in [-0.3, -0.25) is 9.69 Å².